The maximum absolute atomic E-state index is 10.7. The van der Waals surface area contributed by atoms with E-state index in [0.29, 0.717) is 12.3 Å². The van der Waals surface area contributed by atoms with Crippen molar-refractivity contribution in [2.75, 3.05) is 0 Å². The molecule has 0 aliphatic heterocycles. The lowest BCUT2D eigenvalue weighted by Crippen LogP contribution is -2.23. The van der Waals surface area contributed by atoms with E-state index < -0.39 is 0 Å². The van der Waals surface area contributed by atoms with Gasteiger partial charge in [0.05, 0.1) is 6.07 Å². The Morgan fingerprint density at radius 3 is 2.57 bits per heavy atom. The van der Waals surface area contributed by atoms with Crippen LogP contribution < -0.4 is 0 Å². The third-order valence-electron chi connectivity index (χ3n) is 2.79. The number of carbonyl (C=O) groups excluding carboxylic acids is 1. The average molecular weight is 195 g/mol. The van der Waals surface area contributed by atoms with Gasteiger partial charge in [-0.2, -0.15) is 5.26 Å². The van der Waals surface area contributed by atoms with Gasteiger partial charge in [-0.15, -0.1) is 0 Å². The van der Waals surface area contributed by atoms with E-state index >= 15 is 0 Å². The Labute approximate surface area is 85.1 Å². The Balaban J connectivity index is 2.18. The zero-order valence-electron chi connectivity index (χ0n) is 8.66. The number of ether oxygens (including phenoxy) is 1. The van der Waals surface area contributed by atoms with Gasteiger partial charge in [0.1, 0.15) is 6.10 Å². The monoisotopic (exact) mass is 195 g/mol. The molecule has 0 radical (unpaired) electrons. The number of nitrogens with zero attached hydrogens (tertiary/aromatic N) is 1. The van der Waals surface area contributed by atoms with E-state index in [9.17, 15) is 4.79 Å². The lowest BCUT2D eigenvalue weighted by Gasteiger charge is -2.27. The van der Waals surface area contributed by atoms with Crippen molar-refractivity contribution in [3.63, 3.8) is 0 Å². The summed E-state index contributed by atoms with van der Waals surface area (Å²) < 4.78 is 5.14. The summed E-state index contributed by atoms with van der Waals surface area (Å²) in [6.07, 6.45) is 5.92. The highest BCUT2D eigenvalue weighted by atomic mass is 16.5. The fourth-order valence-corrected chi connectivity index (χ4v) is 2.04. The number of nitriles is 1. The van der Waals surface area contributed by atoms with E-state index in [-0.39, 0.29) is 12.1 Å². The largest absolute Gasteiger partial charge is 0.463 e. The molecule has 1 aliphatic rings. The maximum atomic E-state index is 10.7. The summed E-state index contributed by atoms with van der Waals surface area (Å²) in [7, 11) is 0. The van der Waals surface area contributed by atoms with Crippen molar-refractivity contribution in [1.82, 2.24) is 0 Å². The van der Waals surface area contributed by atoms with Crippen LogP contribution in [0.1, 0.15) is 45.4 Å². The number of hydrogen-bond acceptors (Lipinski definition) is 3. The molecule has 0 aromatic rings. The summed E-state index contributed by atoms with van der Waals surface area (Å²) in [5.74, 6) is 0.493. The third kappa shape index (κ3) is 3.78. The van der Waals surface area contributed by atoms with Crippen molar-refractivity contribution in [2.45, 2.75) is 51.6 Å². The number of hydrogen-bond donors (Lipinski definition) is 0. The van der Waals surface area contributed by atoms with Gasteiger partial charge in [0.25, 0.3) is 0 Å². The minimum atomic E-state index is -0.175. The summed E-state index contributed by atoms with van der Waals surface area (Å²) in [6, 6.07) is 2.17. The van der Waals surface area contributed by atoms with Crippen LogP contribution in [0.15, 0.2) is 0 Å². The molecule has 0 N–H and O–H groups in total. The van der Waals surface area contributed by atoms with E-state index in [2.05, 4.69) is 6.07 Å². The molecular weight excluding hydrogens is 178 g/mol. The fraction of sp³-hybridized carbons (Fsp3) is 0.818. The number of esters is 1. The third-order valence-corrected chi connectivity index (χ3v) is 2.79. The molecule has 0 saturated heterocycles. The minimum Gasteiger partial charge on any atom is -0.463 e. The van der Waals surface area contributed by atoms with Gasteiger partial charge in [0, 0.05) is 13.3 Å². The zero-order chi connectivity index (χ0) is 10.4. The molecule has 1 fully saturated rings. The summed E-state index contributed by atoms with van der Waals surface area (Å²) in [4.78, 5) is 10.7. The predicted octanol–water partition coefficient (Wildman–Crippen LogP) is 2.41. The Bertz CT molecular complexity index is 224. The van der Waals surface area contributed by atoms with Crippen molar-refractivity contribution >= 4 is 5.97 Å². The molecule has 0 amide bonds. The predicted molar refractivity (Wildman–Crippen MR) is 52.4 cm³/mol. The van der Waals surface area contributed by atoms with Gasteiger partial charge in [-0.3, -0.25) is 4.79 Å². The highest BCUT2D eigenvalue weighted by Gasteiger charge is 2.22. The number of rotatable bonds is 3. The van der Waals surface area contributed by atoms with Crippen LogP contribution in [-0.2, 0) is 9.53 Å². The lowest BCUT2D eigenvalue weighted by molar-refractivity contribution is -0.148. The van der Waals surface area contributed by atoms with Gasteiger partial charge >= 0.3 is 5.97 Å². The van der Waals surface area contributed by atoms with Gasteiger partial charge in [0.2, 0.25) is 0 Å². The molecule has 14 heavy (non-hydrogen) atoms. The molecule has 1 saturated carbocycles. The molecule has 0 unspecified atom stereocenters. The van der Waals surface area contributed by atoms with Crippen molar-refractivity contribution < 1.29 is 9.53 Å². The van der Waals surface area contributed by atoms with Gasteiger partial charge in [-0.25, -0.2) is 0 Å². The Morgan fingerprint density at radius 1 is 1.43 bits per heavy atom. The SMILES string of the molecule is CC(=O)OC1CCC(CCC#N)CC1. The summed E-state index contributed by atoms with van der Waals surface area (Å²) >= 11 is 0. The average Bonchev–Trinajstić information content (AvgIpc) is 2.16. The Hall–Kier alpha value is -1.04. The summed E-state index contributed by atoms with van der Waals surface area (Å²) in [6.45, 7) is 1.46. The molecule has 0 spiro atoms. The van der Waals surface area contributed by atoms with Crippen LogP contribution in [0.3, 0.4) is 0 Å². The number of carbonyl (C=O) groups is 1. The van der Waals surface area contributed by atoms with E-state index in [0.717, 1.165) is 32.1 Å². The van der Waals surface area contributed by atoms with Gasteiger partial charge in [-0.1, -0.05) is 0 Å². The van der Waals surface area contributed by atoms with E-state index in [1.54, 1.807) is 0 Å². The molecule has 0 atom stereocenters. The minimum absolute atomic E-state index is 0.130. The molecule has 0 bridgehead atoms. The summed E-state index contributed by atoms with van der Waals surface area (Å²) in [5.41, 5.74) is 0. The first kappa shape index (κ1) is 11.0. The normalized spacial score (nSPS) is 26.6. The van der Waals surface area contributed by atoms with Crippen LogP contribution in [-0.4, -0.2) is 12.1 Å². The van der Waals surface area contributed by atoms with Crippen LogP contribution in [0.2, 0.25) is 0 Å². The second-order valence-corrected chi connectivity index (χ2v) is 3.95. The first-order valence-electron chi connectivity index (χ1n) is 5.26. The Kier molecular flexibility index (Phi) is 4.45. The lowest BCUT2D eigenvalue weighted by atomic mass is 9.85. The molecule has 0 aromatic carbocycles. The molecule has 3 heteroatoms. The highest BCUT2D eigenvalue weighted by molar-refractivity contribution is 5.66. The van der Waals surface area contributed by atoms with Crippen molar-refractivity contribution in [1.29, 1.82) is 5.26 Å². The van der Waals surface area contributed by atoms with Gasteiger partial charge in [0.15, 0.2) is 0 Å². The first-order chi connectivity index (χ1) is 6.72. The molecule has 1 aliphatic carbocycles. The van der Waals surface area contributed by atoms with Crippen molar-refractivity contribution in [3.8, 4) is 6.07 Å². The van der Waals surface area contributed by atoms with Gasteiger partial charge in [-0.05, 0) is 38.0 Å². The van der Waals surface area contributed by atoms with Gasteiger partial charge < -0.3 is 4.74 Å². The Morgan fingerprint density at radius 2 is 2.07 bits per heavy atom. The van der Waals surface area contributed by atoms with Crippen LogP contribution in [0.5, 0.6) is 0 Å². The standard InChI is InChI=1S/C11H17NO2/c1-9(13)14-11-6-4-10(5-7-11)3-2-8-12/h10-11H,2-7H2,1H3. The molecular formula is C11H17NO2. The smallest absolute Gasteiger partial charge is 0.302 e. The fourth-order valence-electron chi connectivity index (χ4n) is 2.04. The van der Waals surface area contributed by atoms with Crippen molar-refractivity contribution in [2.24, 2.45) is 5.92 Å². The van der Waals surface area contributed by atoms with Crippen LogP contribution >= 0.6 is 0 Å². The zero-order valence-corrected chi connectivity index (χ0v) is 8.66. The highest BCUT2D eigenvalue weighted by Crippen LogP contribution is 2.29. The van der Waals surface area contributed by atoms with Crippen molar-refractivity contribution in [3.05, 3.63) is 0 Å². The molecule has 1 rings (SSSR count). The van der Waals surface area contributed by atoms with E-state index in [1.165, 1.54) is 6.92 Å². The molecule has 3 nitrogen and oxygen atoms in total. The summed E-state index contributed by atoms with van der Waals surface area (Å²) in [5, 5.41) is 8.45. The van der Waals surface area contributed by atoms with Crippen LogP contribution in [0.25, 0.3) is 0 Å². The topological polar surface area (TPSA) is 50.1 Å². The molecule has 78 valence electrons. The molecule has 0 aromatic heterocycles. The first-order valence-corrected chi connectivity index (χ1v) is 5.26. The maximum Gasteiger partial charge on any atom is 0.302 e. The van der Waals surface area contributed by atoms with Crippen LogP contribution in [0.4, 0.5) is 0 Å². The van der Waals surface area contributed by atoms with E-state index in [1.807, 2.05) is 0 Å². The molecule has 0 heterocycles. The second-order valence-electron chi connectivity index (χ2n) is 3.95. The second kappa shape index (κ2) is 5.64. The quantitative estimate of drug-likeness (QED) is 0.650. The van der Waals surface area contributed by atoms with E-state index in [4.69, 9.17) is 10.00 Å². The van der Waals surface area contributed by atoms with Crippen LogP contribution in [0, 0.1) is 17.2 Å².